The molecule has 0 aliphatic carbocycles. The lowest BCUT2D eigenvalue weighted by Gasteiger charge is -2.36. The van der Waals surface area contributed by atoms with E-state index in [2.05, 4.69) is 15.2 Å². The Morgan fingerprint density at radius 2 is 1.94 bits per heavy atom. The highest BCUT2D eigenvalue weighted by atomic mass is 35.5. The lowest BCUT2D eigenvalue weighted by molar-refractivity contribution is -0.121. The fourth-order valence-electron chi connectivity index (χ4n) is 4.18. The monoisotopic (exact) mass is 486 g/mol. The number of likely N-dealkylation sites (tertiary alicyclic amines) is 1. The van der Waals surface area contributed by atoms with Gasteiger partial charge in [-0.15, -0.1) is 0 Å². The molecule has 2 unspecified atom stereocenters. The summed E-state index contributed by atoms with van der Waals surface area (Å²) in [6.07, 6.45) is 4.82. The van der Waals surface area contributed by atoms with Crippen LogP contribution in [0.2, 0.25) is 5.02 Å². The molecule has 3 heterocycles. The van der Waals surface area contributed by atoms with E-state index in [-0.39, 0.29) is 22.8 Å². The molecule has 3 aromatic rings. The minimum absolute atomic E-state index is 0.00196. The lowest BCUT2D eigenvalue weighted by atomic mass is 9.94. The van der Waals surface area contributed by atoms with E-state index < -0.39 is 10.0 Å². The van der Waals surface area contributed by atoms with Gasteiger partial charge < -0.3 is 5.32 Å². The predicted octanol–water partition coefficient (Wildman–Crippen LogP) is 4.29. The van der Waals surface area contributed by atoms with Crippen LogP contribution >= 0.6 is 11.6 Å². The van der Waals surface area contributed by atoms with Gasteiger partial charge in [0.1, 0.15) is 5.82 Å². The Labute approximate surface area is 199 Å². The summed E-state index contributed by atoms with van der Waals surface area (Å²) >= 11 is 5.86. The summed E-state index contributed by atoms with van der Waals surface area (Å²) in [6, 6.07) is 13.5. The Morgan fingerprint density at radius 1 is 1.18 bits per heavy atom. The topological polar surface area (TPSA) is 84.3 Å². The first kappa shape index (κ1) is 23.5. The van der Waals surface area contributed by atoms with E-state index in [0.717, 1.165) is 30.6 Å². The number of amides is 1. The van der Waals surface area contributed by atoms with Gasteiger partial charge in [-0.25, -0.2) is 17.4 Å². The predicted molar refractivity (Wildman–Crippen MR) is 129 cm³/mol. The summed E-state index contributed by atoms with van der Waals surface area (Å²) in [5.41, 5.74) is 1.75. The third-order valence-electron chi connectivity index (χ3n) is 6.10. The summed E-state index contributed by atoms with van der Waals surface area (Å²) < 4.78 is 28.0. The molecule has 2 aromatic heterocycles. The maximum Gasteiger partial charge on any atom is 0.267 e. The van der Waals surface area contributed by atoms with Crippen molar-refractivity contribution in [3.8, 4) is 0 Å². The summed E-state index contributed by atoms with van der Waals surface area (Å²) in [5.74, 6) is 0.286. The van der Waals surface area contributed by atoms with Crippen molar-refractivity contribution in [3.63, 3.8) is 0 Å². The van der Waals surface area contributed by atoms with Crippen molar-refractivity contribution in [2.24, 2.45) is 0 Å². The number of hydrogen-bond acceptors (Lipinski definition) is 5. The molecule has 33 heavy (non-hydrogen) atoms. The van der Waals surface area contributed by atoms with Gasteiger partial charge in [-0.3, -0.25) is 9.69 Å². The molecule has 174 valence electrons. The second-order valence-electron chi connectivity index (χ2n) is 8.41. The number of pyridine rings is 1. The van der Waals surface area contributed by atoms with Crippen LogP contribution < -0.4 is 5.32 Å². The molecule has 1 saturated heterocycles. The number of halogens is 1. The van der Waals surface area contributed by atoms with Gasteiger partial charge in [-0.2, -0.15) is 0 Å². The number of nitrogens with one attached hydrogen (secondary N) is 1. The molecular formula is C24H27ClN4O3S. The SMILES string of the molecule is Cc1ccc(S(=O)(=O)n2cccc2C2CCCN(C(C)C(=O)Nc3ccc(Cl)cn3)C2)cc1. The number of benzene rings is 1. The zero-order valence-electron chi connectivity index (χ0n) is 18.6. The fourth-order valence-corrected chi connectivity index (χ4v) is 5.72. The van der Waals surface area contributed by atoms with Crippen molar-refractivity contribution in [1.82, 2.24) is 13.9 Å². The van der Waals surface area contributed by atoms with Crippen LogP contribution in [0.3, 0.4) is 0 Å². The van der Waals surface area contributed by atoms with Crippen LogP contribution in [0, 0.1) is 6.92 Å². The number of anilines is 1. The molecule has 2 atom stereocenters. The third kappa shape index (κ3) is 5.13. The highest BCUT2D eigenvalue weighted by Gasteiger charge is 2.31. The smallest absolute Gasteiger partial charge is 0.267 e. The number of rotatable bonds is 6. The molecule has 7 nitrogen and oxygen atoms in total. The van der Waals surface area contributed by atoms with E-state index in [1.165, 1.54) is 10.2 Å². The second-order valence-corrected chi connectivity index (χ2v) is 10.7. The molecule has 0 spiro atoms. The van der Waals surface area contributed by atoms with Gasteiger partial charge in [-0.1, -0.05) is 29.3 Å². The molecule has 1 aliphatic heterocycles. The molecule has 0 saturated carbocycles. The molecule has 9 heteroatoms. The largest absolute Gasteiger partial charge is 0.309 e. The van der Waals surface area contributed by atoms with Crippen LogP contribution in [0.4, 0.5) is 5.82 Å². The maximum atomic E-state index is 13.3. The molecule has 1 aliphatic rings. The highest BCUT2D eigenvalue weighted by molar-refractivity contribution is 7.90. The zero-order chi connectivity index (χ0) is 23.6. The molecule has 0 radical (unpaired) electrons. The van der Waals surface area contributed by atoms with Crippen molar-refractivity contribution in [1.29, 1.82) is 0 Å². The number of hydrogen-bond donors (Lipinski definition) is 1. The van der Waals surface area contributed by atoms with Crippen LogP contribution in [0.25, 0.3) is 0 Å². The molecule has 1 fully saturated rings. The van der Waals surface area contributed by atoms with Crippen molar-refractivity contribution in [3.05, 3.63) is 77.2 Å². The number of nitrogens with zero attached hydrogens (tertiary/aromatic N) is 3. The quantitative estimate of drug-likeness (QED) is 0.562. The third-order valence-corrected chi connectivity index (χ3v) is 8.04. The average molecular weight is 487 g/mol. The Balaban J connectivity index is 1.50. The van der Waals surface area contributed by atoms with Crippen LogP contribution in [-0.4, -0.2) is 47.3 Å². The van der Waals surface area contributed by atoms with E-state index >= 15 is 0 Å². The number of aryl methyl sites for hydroxylation is 1. The molecule has 1 N–H and O–H groups in total. The summed E-state index contributed by atoms with van der Waals surface area (Å²) in [4.78, 5) is 19.3. The first-order valence-corrected chi connectivity index (χ1v) is 12.7. The summed E-state index contributed by atoms with van der Waals surface area (Å²) in [6.45, 7) is 5.14. The molecule has 1 aromatic carbocycles. The Kier molecular flexibility index (Phi) is 6.88. The minimum Gasteiger partial charge on any atom is -0.309 e. The molecule has 4 rings (SSSR count). The van der Waals surface area contributed by atoms with Gasteiger partial charge >= 0.3 is 0 Å². The van der Waals surface area contributed by atoms with Crippen LogP contribution in [0.5, 0.6) is 0 Å². The van der Waals surface area contributed by atoms with E-state index in [4.69, 9.17) is 11.6 Å². The normalized spacial score (nSPS) is 18.1. The van der Waals surface area contributed by atoms with Crippen LogP contribution in [-0.2, 0) is 14.8 Å². The molecule has 1 amide bonds. The van der Waals surface area contributed by atoms with Crippen LogP contribution in [0.15, 0.2) is 65.8 Å². The Bertz CT molecular complexity index is 1220. The summed E-state index contributed by atoms with van der Waals surface area (Å²) in [5, 5.41) is 3.33. The molecular weight excluding hydrogens is 460 g/mol. The average Bonchev–Trinajstić information content (AvgIpc) is 3.31. The van der Waals surface area contributed by atoms with Gasteiger partial charge in [0.25, 0.3) is 10.0 Å². The number of aromatic nitrogens is 2. The van der Waals surface area contributed by atoms with E-state index in [0.29, 0.717) is 17.4 Å². The van der Waals surface area contributed by atoms with Gasteiger partial charge in [0.2, 0.25) is 5.91 Å². The number of carbonyl (C=O) groups is 1. The first-order valence-electron chi connectivity index (χ1n) is 10.9. The number of carbonyl (C=O) groups excluding carboxylic acids is 1. The standard InChI is InChI=1S/C24H27ClN4O3S/c1-17-7-10-21(11-8-17)33(31,32)29-14-4-6-22(29)19-5-3-13-28(16-19)18(2)24(30)27-23-12-9-20(25)15-26-23/h4,6-12,14-15,18-19H,3,5,13,16H2,1-2H3,(H,26,27,30). The Morgan fingerprint density at radius 3 is 2.64 bits per heavy atom. The van der Waals surface area contributed by atoms with Gasteiger partial charge in [0.05, 0.1) is 16.0 Å². The maximum absolute atomic E-state index is 13.3. The fraction of sp³-hybridized carbons (Fsp3) is 0.333. The van der Waals surface area contributed by atoms with Crippen LogP contribution in [0.1, 0.15) is 36.9 Å². The second kappa shape index (κ2) is 9.67. The van der Waals surface area contributed by atoms with Crippen molar-refractivity contribution in [2.75, 3.05) is 18.4 Å². The van der Waals surface area contributed by atoms with E-state index in [9.17, 15) is 13.2 Å². The van der Waals surface area contributed by atoms with Crippen molar-refractivity contribution >= 4 is 33.3 Å². The van der Waals surface area contributed by atoms with Gasteiger partial charge in [0, 0.05) is 30.6 Å². The van der Waals surface area contributed by atoms with Crippen molar-refractivity contribution in [2.45, 2.75) is 43.5 Å². The van der Waals surface area contributed by atoms with Crippen molar-refractivity contribution < 1.29 is 13.2 Å². The Hall–Kier alpha value is -2.68. The lowest BCUT2D eigenvalue weighted by Crippen LogP contribution is -2.46. The van der Waals surface area contributed by atoms with Gasteiger partial charge in [-0.05, 0) is 69.6 Å². The minimum atomic E-state index is -3.69. The van der Waals surface area contributed by atoms with Gasteiger partial charge in [0.15, 0.2) is 0 Å². The first-order chi connectivity index (χ1) is 15.8. The summed E-state index contributed by atoms with van der Waals surface area (Å²) in [7, 11) is -3.69. The van der Waals surface area contributed by atoms with E-state index in [1.807, 2.05) is 19.9 Å². The number of piperidine rings is 1. The zero-order valence-corrected chi connectivity index (χ0v) is 20.2. The van der Waals surface area contributed by atoms with E-state index in [1.54, 1.807) is 48.7 Å². The highest BCUT2D eigenvalue weighted by Crippen LogP contribution is 2.30. The molecule has 0 bridgehead atoms.